The summed E-state index contributed by atoms with van der Waals surface area (Å²) >= 11 is 0. The third kappa shape index (κ3) is 1.62. The van der Waals surface area contributed by atoms with Crippen molar-refractivity contribution in [3.05, 3.63) is 58.1 Å². The van der Waals surface area contributed by atoms with E-state index in [0.29, 0.717) is 5.65 Å². The van der Waals surface area contributed by atoms with Gasteiger partial charge in [0.25, 0.3) is 5.56 Å². The molecule has 0 atom stereocenters. The summed E-state index contributed by atoms with van der Waals surface area (Å²) in [4.78, 5) is 16.2. The van der Waals surface area contributed by atoms with Gasteiger partial charge < -0.3 is 0 Å². The van der Waals surface area contributed by atoms with E-state index < -0.39 is 0 Å². The summed E-state index contributed by atoms with van der Waals surface area (Å²) < 4.78 is 1.46. The van der Waals surface area contributed by atoms with Crippen LogP contribution < -0.4 is 5.56 Å². The summed E-state index contributed by atoms with van der Waals surface area (Å²) in [6, 6.07) is 9.66. The largest absolute Gasteiger partial charge is 0.296 e. The number of nitrogens with zero attached hydrogens (tertiary/aromatic N) is 2. The number of aromatic amines is 1. The van der Waals surface area contributed by atoms with E-state index in [-0.39, 0.29) is 5.56 Å². The van der Waals surface area contributed by atoms with Crippen molar-refractivity contribution in [2.75, 3.05) is 0 Å². The molecule has 2 heterocycles. The van der Waals surface area contributed by atoms with E-state index in [1.54, 1.807) is 0 Å². The van der Waals surface area contributed by atoms with Crippen molar-refractivity contribution in [1.82, 2.24) is 14.6 Å². The first-order valence-electron chi connectivity index (χ1n) is 5.80. The molecule has 1 N–H and O–H groups in total. The van der Waals surface area contributed by atoms with E-state index in [1.807, 2.05) is 38.2 Å². The SMILES string of the molecule is Cc1cccc(-c2c[nH]n3c(=O)cc(C)nc23)c1. The molecule has 4 heteroatoms. The maximum absolute atomic E-state index is 11.8. The summed E-state index contributed by atoms with van der Waals surface area (Å²) in [6.07, 6.45) is 1.82. The maximum atomic E-state index is 11.8. The zero-order valence-corrected chi connectivity index (χ0v) is 10.3. The highest BCUT2D eigenvalue weighted by atomic mass is 16.1. The molecule has 90 valence electrons. The smallest absolute Gasteiger partial charge is 0.272 e. The highest BCUT2D eigenvalue weighted by molar-refractivity contribution is 5.77. The van der Waals surface area contributed by atoms with Crippen LogP contribution in [0.5, 0.6) is 0 Å². The Morgan fingerprint density at radius 2 is 2.06 bits per heavy atom. The molecule has 2 aromatic heterocycles. The molecule has 0 amide bonds. The number of benzene rings is 1. The van der Waals surface area contributed by atoms with E-state index in [2.05, 4.69) is 16.1 Å². The van der Waals surface area contributed by atoms with E-state index in [1.165, 1.54) is 16.1 Å². The zero-order valence-electron chi connectivity index (χ0n) is 10.3. The molecule has 0 bridgehead atoms. The van der Waals surface area contributed by atoms with E-state index in [0.717, 1.165) is 16.8 Å². The van der Waals surface area contributed by atoms with Crippen molar-refractivity contribution >= 4 is 5.65 Å². The molecule has 0 fully saturated rings. The van der Waals surface area contributed by atoms with Gasteiger partial charge in [0, 0.05) is 23.5 Å². The van der Waals surface area contributed by atoms with Crippen LogP contribution in [0.4, 0.5) is 0 Å². The summed E-state index contributed by atoms with van der Waals surface area (Å²) in [5, 5.41) is 2.94. The molecule has 0 aliphatic rings. The van der Waals surface area contributed by atoms with Gasteiger partial charge >= 0.3 is 0 Å². The van der Waals surface area contributed by atoms with Crippen molar-refractivity contribution in [3.8, 4) is 11.1 Å². The molecule has 1 aromatic carbocycles. The van der Waals surface area contributed by atoms with Crippen molar-refractivity contribution in [2.45, 2.75) is 13.8 Å². The lowest BCUT2D eigenvalue weighted by Gasteiger charge is -2.01. The van der Waals surface area contributed by atoms with Gasteiger partial charge in [-0.2, -0.15) is 0 Å². The zero-order chi connectivity index (χ0) is 12.7. The van der Waals surface area contributed by atoms with Crippen molar-refractivity contribution < 1.29 is 0 Å². The minimum Gasteiger partial charge on any atom is -0.296 e. The summed E-state index contributed by atoms with van der Waals surface area (Å²) in [5.41, 5.74) is 4.50. The van der Waals surface area contributed by atoms with Gasteiger partial charge in [-0.25, -0.2) is 9.50 Å². The number of nitrogens with one attached hydrogen (secondary N) is 1. The molecule has 0 spiro atoms. The van der Waals surface area contributed by atoms with Crippen LogP contribution in [0.2, 0.25) is 0 Å². The monoisotopic (exact) mass is 239 g/mol. The van der Waals surface area contributed by atoms with Gasteiger partial charge in [0.2, 0.25) is 0 Å². The third-order valence-electron chi connectivity index (χ3n) is 2.95. The second-order valence-corrected chi connectivity index (χ2v) is 4.45. The van der Waals surface area contributed by atoms with Gasteiger partial charge in [-0.05, 0) is 19.4 Å². The van der Waals surface area contributed by atoms with Crippen molar-refractivity contribution in [2.24, 2.45) is 0 Å². The molecule has 0 radical (unpaired) electrons. The summed E-state index contributed by atoms with van der Waals surface area (Å²) in [5.74, 6) is 0. The lowest BCUT2D eigenvalue weighted by atomic mass is 10.1. The van der Waals surface area contributed by atoms with Crippen LogP contribution in [0.1, 0.15) is 11.3 Å². The van der Waals surface area contributed by atoms with Crippen LogP contribution in [0.15, 0.2) is 41.3 Å². The van der Waals surface area contributed by atoms with E-state index in [9.17, 15) is 4.79 Å². The number of hydrogen-bond acceptors (Lipinski definition) is 2. The van der Waals surface area contributed by atoms with Crippen molar-refractivity contribution in [1.29, 1.82) is 0 Å². The second kappa shape index (κ2) is 3.84. The number of rotatable bonds is 1. The summed E-state index contributed by atoms with van der Waals surface area (Å²) in [6.45, 7) is 3.87. The molecule has 3 rings (SSSR count). The van der Waals surface area contributed by atoms with E-state index in [4.69, 9.17) is 0 Å². The van der Waals surface area contributed by atoms with Crippen LogP contribution in [0.3, 0.4) is 0 Å². The van der Waals surface area contributed by atoms with Gasteiger partial charge in [0.05, 0.1) is 0 Å². The maximum Gasteiger partial charge on any atom is 0.272 e. The van der Waals surface area contributed by atoms with Crippen LogP contribution in [-0.2, 0) is 0 Å². The number of hydrogen-bond donors (Lipinski definition) is 1. The van der Waals surface area contributed by atoms with Gasteiger partial charge in [-0.3, -0.25) is 9.89 Å². The normalized spacial score (nSPS) is 11.0. The highest BCUT2D eigenvalue weighted by Crippen LogP contribution is 2.23. The van der Waals surface area contributed by atoms with Crippen molar-refractivity contribution in [3.63, 3.8) is 0 Å². The van der Waals surface area contributed by atoms with Gasteiger partial charge in [-0.15, -0.1) is 0 Å². The first-order chi connectivity index (χ1) is 8.65. The minimum atomic E-state index is -0.0867. The van der Waals surface area contributed by atoms with E-state index >= 15 is 0 Å². The Morgan fingerprint density at radius 1 is 1.22 bits per heavy atom. The molecule has 0 saturated heterocycles. The Hall–Kier alpha value is -2.36. The van der Waals surface area contributed by atoms with Crippen LogP contribution in [-0.4, -0.2) is 14.6 Å². The number of H-pyrrole nitrogens is 1. The average Bonchev–Trinajstić information content (AvgIpc) is 2.72. The van der Waals surface area contributed by atoms with Crippen LogP contribution >= 0.6 is 0 Å². The predicted molar refractivity (Wildman–Crippen MR) is 70.7 cm³/mol. The molecule has 0 aliphatic heterocycles. The lowest BCUT2D eigenvalue weighted by Crippen LogP contribution is -2.14. The number of aromatic nitrogens is 3. The fourth-order valence-corrected chi connectivity index (χ4v) is 2.12. The molecule has 3 aromatic rings. The lowest BCUT2D eigenvalue weighted by molar-refractivity contribution is 0.890. The fourth-order valence-electron chi connectivity index (χ4n) is 2.12. The molecular weight excluding hydrogens is 226 g/mol. The van der Waals surface area contributed by atoms with Crippen LogP contribution in [0, 0.1) is 13.8 Å². The molecule has 0 aliphatic carbocycles. The Morgan fingerprint density at radius 3 is 2.83 bits per heavy atom. The summed E-state index contributed by atoms with van der Waals surface area (Å²) in [7, 11) is 0. The van der Waals surface area contributed by atoms with Crippen LogP contribution in [0.25, 0.3) is 16.8 Å². The Balaban J connectivity index is 2.34. The molecule has 0 saturated carbocycles. The highest BCUT2D eigenvalue weighted by Gasteiger charge is 2.09. The Bertz CT molecular complexity index is 783. The standard InChI is InChI=1S/C14H13N3O/c1-9-4-3-5-11(6-9)12-8-15-17-13(18)7-10(2)16-14(12)17/h3-8,15H,1-2H3. The predicted octanol–water partition coefficient (Wildman–Crippen LogP) is 2.31. The molecule has 18 heavy (non-hydrogen) atoms. The molecule has 0 unspecified atom stereocenters. The first kappa shape index (κ1) is 10.8. The third-order valence-corrected chi connectivity index (χ3v) is 2.95. The second-order valence-electron chi connectivity index (χ2n) is 4.45. The molecule has 4 nitrogen and oxygen atoms in total. The topological polar surface area (TPSA) is 50.2 Å². The number of fused-ring (bicyclic) bond motifs is 1. The Kier molecular flexibility index (Phi) is 2.30. The van der Waals surface area contributed by atoms with Gasteiger partial charge in [0.15, 0.2) is 5.65 Å². The average molecular weight is 239 g/mol. The van der Waals surface area contributed by atoms with Gasteiger partial charge in [0.1, 0.15) is 0 Å². The Labute approximate surface area is 104 Å². The number of aryl methyl sites for hydroxylation is 2. The van der Waals surface area contributed by atoms with Gasteiger partial charge in [-0.1, -0.05) is 29.8 Å². The minimum absolute atomic E-state index is 0.0867. The molecular formula is C14H13N3O. The fraction of sp³-hybridized carbons (Fsp3) is 0.143. The quantitative estimate of drug-likeness (QED) is 0.708. The first-order valence-corrected chi connectivity index (χ1v) is 5.80.